The number of methoxy groups -OCH3 is 1. The third kappa shape index (κ3) is 1.82. The molecule has 1 aromatic rings. The Morgan fingerprint density at radius 2 is 2.20 bits per heavy atom. The largest absolute Gasteiger partial charge is 0.467 e. The summed E-state index contributed by atoms with van der Waals surface area (Å²) in [6.07, 6.45) is 0.920. The standard InChI is InChI=1S/C12H15NO2/c1-8-7-9-5-3-4-6-10(9)13-11(8)12(14)15-2/h3-6,8,11,13H,7H2,1-2H3/t8?,11-/m0/s1. The molecule has 0 radical (unpaired) electrons. The minimum atomic E-state index is -0.218. The monoisotopic (exact) mass is 205 g/mol. The topological polar surface area (TPSA) is 38.3 Å². The molecule has 2 rings (SSSR count). The van der Waals surface area contributed by atoms with Crippen molar-refractivity contribution in [1.82, 2.24) is 0 Å². The number of hydrogen-bond donors (Lipinski definition) is 1. The van der Waals surface area contributed by atoms with Crippen molar-refractivity contribution in [3.05, 3.63) is 29.8 Å². The summed E-state index contributed by atoms with van der Waals surface area (Å²) in [6, 6.07) is 7.86. The molecule has 0 bridgehead atoms. The summed E-state index contributed by atoms with van der Waals surface area (Å²) < 4.78 is 4.77. The predicted molar refractivity (Wildman–Crippen MR) is 58.7 cm³/mol. The molecule has 2 atom stereocenters. The summed E-state index contributed by atoms with van der Waals surface area (Å²) in [5, 5.41) is 3.22. The van der Waals surface area contributed by atoms with Gasteiger partial charge in [0.25, 0.3) is 0 Å². The van der Waals surface area contributed by atoms with Crippen molar-refractivity contribution in [3.63, 3.8) is 0 Å². The molecule has 15 heavy (non-hydrogen) atoms. The maximum atomic E-state index is 11.5. The van der Waals surface area contributed by atoms with Crippen LogP contribution in [0.15, 0.2) is 24.3 Å². The van der Waals surface area contributed by atoms with E-state index in [1.165, 1.54) is 12.7 Å². The average molecular weight is 205 g/mol. The lowest BCUT2D eigenvalue weighted by molar-refractivity contribution is -0.142. The fourth-order valence-corrected chi connectivity index (χ4v) is 2.03. The van der Waals surface area contributed by atoms with Crippen LogP contribution in [-0.4, -0.2) is 19.1 Å². The highest BCUT2D eigenvalue weighted by Gasteiger charge is 2.30. The summed E-state index contributed by atoms with van der Waals surface area (Å²) in [5.74, 6) is 0.0874. The van der Waals surface area contributed by atoms with E-state index in [1.807, 2.05) is 18.2 Å². The number of carbonyl (C=O) groups excluding carboxylic acids is 1. The second kappa shape index (κ2) is 3.93. The first-order chi connectivity index (χ1) is 7.22. The molecule has 0 saturated heterocycles. The number of fused-ring (bicyclic) bond motifs is 1. The molecule has 0 fully saturated rings. The minimum absolute atomic E-state index is 0.183. The van der Waals surface area contributed by atoms with Gasteiger partial charge in [0.15, 0.2) is 0 Å². The van der Waals surface area contributed by atoms with Crippen molar-refractivity contribution < 1.29 is 9.53 Å². The van der Waals surface area contributed by atoms with Crippen LogP contribution >= 0.6 is 0 Å². The van der Waals surface area contributed by atoms with E-state index in [2.05, 4.69) is 18.3 Å². The van der Waals surface area contributed by atoms with Crippen molar-refractivity contribution in [2.45, 2.75) is 19.4 Å². The number of anilines is 1. The summed E-state index contributed by atoms with van der Waals surface area (Å²) >= 11 is 0. The number of ether oxygens (including phenoxy) is 1. The molecule has 0 spiro atoms. The highest BCUT2D eigenvalue weighted by Crippen LogP contribution is 2.28. The Hall–Kier alpha value is -1.51. The summed E-state index contributed by atoms with van der Waals surface area (Å²) in [6.45, 7) is 2.06. The summed E-state index contributed by atoms with van der Waals surface area (Å²) in [5.41, 5.74) is 2.32. The van der Waals surface area contributed by atoms with Crippen molar-refractivity contribution >= 4 is 11.7 Å². The van der Waals surface area contributed by atoms with Gasteiger partial charge in [-0.15, -0.1) is 0 Å². The maximum Gasteiger partial charge on any atom is 0.328 e. The van der Waals surface area contributed by atoms with Crippen molar-refractivity contribution in [1.29, 1.82) is 0 Å². The Balaban J connectivity index is 2.25. The lowest BCUT2D eigenvalue weighted by atomic mass is 9.89. The van der Waals surface area contributed by atoms with E-state index >= 15 is 0 Å². The third-order valence-corrected chi connectivity index (χ3v) is 2.89. The number of benzene rings is 1. The predicted octanol–water partition coefficient (Wildman–Crippen LogP) is 1.83. The van der Waals surface area contributed by atoms with E-state index in [0.29, 0.717) is 0 Å². The fourth-order valence-electron chi connectivity index (χ4n) is 2.03. The van der Waals surface area contributed by atoms with Crippen LogP contribution in [0.4, 0.5) is 5.69 Å². The van der Waals surface area contributed by atoms with Crippen molar-refractivity contribution in [3.8, 4) is 0 Å². The fraction of sp³-hybridized carbons (Fsp3) is 0.417. The Kier molecular flexibility index (Phi) is 2.62. The molecule has 0 aromatic heterocycles. The molecule has 1 aliphatic rings. The second-order valence-electron chi connectivity index (χ2n) is 3.98. The molecule has 1 aromatic carbocycles. The minimum Gasteiger partial charge on any atom is -0.467 e. The van der Waals surface area contributed by atoms with Gasteiger partial charge in [0.05, 0.1) is 7.11 Å². The zero-order valence-electron chi connectivity index (χ0n) is 8.99. The van der Waals surface area contributed by atoms with Crippen LogP contribution in [-0.2, 0) is 16.0 Å². The van der Waals surface area contributed by atoms with E-state index in [0.717, 1.165) is 12.1 Å². The molecular formula is C12H15NO2. The molecule has 1 N–H and O–H groups in total. The second-order valence-corrected chi connectivity index (χ2v) is 3.98. The van der Waals surface area contributed by atoms with Gasteiger partial charge in [0, 0.05) is 5.69 Å². The average Bonchev–Trinajstić information content (AvgIpc) is 2.27. The highest BCUT2D eigenvalue weighted by molar-refractivity contribution is 5.81. The molecular weight excluding hydrogens is 190 g/mol. The number of nitrogens with one attached hydrogen (secondary N) is 1. The molecule has 0 aliphatic carbocycles. The number of rotatable bonds is 1. The van der Waals surface area contributed by atoms with E-state index < -0.39 is 0 Å². The van der Waals surface area contributed by atoms with Gasteiger partial charge in [-0.05, 0) is 24.0 Å². The number of esters is 1. The first-order valence-corrected chi connectivity index (χ1v) is 5.14. The lowest BCUT2D eigenvalue weighted by Gasteiger charge is -2.30. The van der Waals surface area contributed by atoms with E-state index in [4.69, 9.17) is 4.74 Å². The molecule has 0 amide bonds. The van der Waals surface area contributed by atoms with Crippen LogP contribution in [0.1, 0.15) is 12.5 Å². The van der Waals surface area contributed by atoms with Crippen LogP contribution in [0.2, 0.25) is 0 Å². The third-order valence-electron chi connectivity index (χ3n) is 2.89. The van der Waals surface area contributed by atoms with E-state index in [9.17, 15) is 4.79 Å². The first-order valence-electron chi connectivity index (χ1n) is 5.14. The summed E-state index contributed by atoms with van der Waals surface area (Å²) in [4.78, 5) is 11.5. The molecule has 80 valence electrons. The SMILES string of the molecule is COC(=O)[C@H]1Nc2ccccc2CC1C. The van der Waals surface area contributed by atoms with Crippen LogP contribution < -0.4 is 5.32 Å². The van der Waals surface area contributed by atoms with Gasteiger partial charge in [0.1, 0.15) is 6.04 Å². The zero-order chi connectivity index (χ0) is 10.8. The highest BCUT2D eigenvalue weighted by atomic mass is 16.5. The molecule has 1 aliphatic heterocycles. The van der Waals surface area contributed by atoms with Crippen LogP contribution in [0.3, 0.4) is 0 Å². The van der Waals surface area contributed by atoms with Crippen molar-refractivity contribution in [2.24, 2.45) is 5.92 Å². The molecule has 3 nitrogen and oxygen atoms in total. The van der Waals surface area contributed by atoms with Gasteiger partial charge in [-0.25, -0.2) is 4.79 Å². The molecule has 1 heterocycles. The van der Waals surface area contributed by atoms with Gasteiger partial charge < -0.3 is 10.1 Å². The zero-order valence-corrected chi connectivity index (χ0v) is 8.99. The quantitative estimate of drug-likeness (QED) is 0.711. The Morgan fingerprint density at radius 3 is 2.93 bits per heavy atom. The van der Waals surface area contributed by atoms with Gasteiger partial charge in [0.2, 0.25) is 0 Å². The van der Waals surface area contributed by atoms with Crippen molar-refractivity contribution in [2.75, 3.05) is 12.4 Å². The van der Waals surface area contributed by atoms with Gasteiger partial charge in [-0.3, -0.25) is 0 Å². The number of hydrogen-bond acceptors (Lipinski definition) is 3. The van der Waals surface area contributed by atoms with Crippen LogP contribution in [0, 0.1) is 5.92 Å². The Morgan fingerprint density at radius 1 is 1.47 bits per heavy atom. The Bertz CT molecular complexity index is 376. The maximum absolute atomic E-state index is 11.5. The molecule has 3 heteroatoms. The normalized spacial score (nSPS) is 23.9. The number of carbonyl (C=O) groups is 1. The first kappa shape index (κ1) is 10.0. The number of para-hydroxylation sites is 1. The van der Waals surface area contributed by atoms with Gasteiger partial charge in [-0.1, -0.05) is 25.1 Å². The Labute approximate surface area is 89.4 Å². The molecule has 0 saturated carbocycles. The summed E-state index contributed by atoms with van der Waals surface area (Å²) in [7, 11) is 1.43. The van der Waals surface area contributed by atoms with Crippen LogP contribution in [0.5, 0.6) is 0 Å². The van der Waals surface area contributed by atoms with Gasteiger partial charge in [-0.2, -0.15) is 0 Å². The van der Waals surface area contributed by atoms with E-state index in [-0.39, 0.29) is 17.9 Å². The smallest absolute Gasteiger partial charge is 0.328 e. The lowest BCUT2D eigenvalue weighted by Crippen LogP contribution is -2.40. The van der Waals surface area contributed by atoms with Crippen LogP contribution in [0.25, 0.3) is 0 Å². The van der Waals surface area contributed by atoms with E-state index in [1.54, 1.807) is 0 Å². The van der Waals surface area contributed by atoms with Gasteiger partial charge >= 0.3 is 5.97 Å². The molecule has 1 unspecified atom stereocenters.